The van der Waals surface area contributed by atoms with Crippen LogP contribution in [0.25, 0.3) is 0 Å². The number of para-hydroxylation sites is 2. The lowest BCUT2D eigenvalue weighted by atomic mass is 10.2. The first-order valence-corrected chi connectivity index (χ1v) is 10.5. The van der Waals surface area contributed by atoms with Crippen molar-refractivity contribution in [3.8, 4) is 17.2 Å². The molecule has 0 saturated carbocycles. The number of esters is 1. The van der Waals surface area contributed by atoms with E-state index >= 15 is 0 Å². The van der Waals surface area contributed by atoms with Crippen molar-refractivity contribution in [3.05, 3.63) is 48.5 Å². The number of anilines is 1. The molecule has 0 fully saturated rings. The summed E-state index contributed by atoms with van der Waals surface area (Å²) < 4.78 is 32.6. The number of carbonyl (C=O) groups is 1. The van der Waals surface area contributed by atoms with Crippen LogP contribution < -0.4 is 15.2 Å². The van der Waals surface area contributed by atoms with E-state index in [0.717, 1.165) is 5.75 Å². The van der Waals surface area contributed by atoms with Crippen LogP contribution in [0.15, 0.2) is 48.5 Å². The minimum absolute atomic E-state index is 0.0815. The fourth-order valence-electron chi connectivity index (χ4n) is 2.49. The number of benzene rings is 2. The minimum atomic E-state index is -0.507. The molecule has 0 aliphatic carbocycles. The fourth-order valence-corrected chi connectivity index (χ4v) is 2.49. The van der Waals surface area contributed by atoms with Crippen LogP contribution in [0.5, 0.6) is 17.2 Å². The monoisotopic (exact) mass is 447 g/mol. The Balaban J connectivity index is 1.46. The van der Waals surface area contributed by atoms with Crippen molar-refractivity contribution in [2.75, 3.05) is 52.0 Å². The Labute approximate surface area is 189 Å². The molecule has 2 rings (SSSR count). The van der Waals surface area contributed by atoms with E-state index in [9.17, 15) is 4.79 Å². The zero-order valence-corrected chi connectivity index (χ0v) is 19.0. The van der Waals surface area contributed by atoms with Crippen molar-refractivity contribution in [3.63, 3.8) is 0 Å². The van der Waals surface area contributed by atoms with Gasteiger partial charge in [-0.2, -0.15) is 0 Å². The molecular formula is C24H33NO7. The predicted octanol–water partition coefficient (Wildman–Crippen LogP) is 3.83. The molecular weight excluding hydrogens is 414 g/mol. The molecule has 0 radical (unpaired) electrons. The van der Waals surface area contributed by atoms with E-state index in [1.165, 1.54) is 0 Å². The van der Waals surface area contributed by atoms with Crippen LogP contribution in [-0.4, -0.2) is 57.8 Å². The molecule has 0 aliphatic heterocycles. The van der Waals surface area contributed by atoms with E-state index in [-0.39, 0.29) is 12.6 Å². The molecule has 2 N–H and O–H groups in total. The van der Waals surface area contributed by atoms with Gasteiger partial charge in [0.25, 0.3) is 0 Å². The zero-order valence-electron chi connectivity index (χ0n) is 19.0. The summed E-state index contributed by atoms with van der Waals surface area (Å²) in [5, 5.41) is 0. The summed E-state index contributed by atoms with van der Waals surface area (Å²) in [5.74, 6) is 1.63. The molecule has 176 valence electrons. The SMILES string of the molecule is CC(C)(C)OC(=O)COCCOCCOCCOc1ccc(Oc2ccccc2N)cc1. The summed E-state index contributed by atoms with van der Waals surface area (Å²) in [7, 11) is 0. The van der Waals surface area contributed by atoms with E-state index in [4.69, 9.17) is 34.2 Å². The maximum atomic E-state index is 11.5. The van der Waals surface area contributed by atoms with Crippen molar-refractivity contribution in [1.29, 1.82) is 0 Å². The summed E-state index contributed by atoms with van der Waals surface area (Å²) in [5.41, 5.74) is 5.96. The van der Waals surface area contributed by atoms with Gasteiger partial charge in [-0.1, -0.05) is 12.1 Å². The number of hydrogen-bond donors (Lipinski definition) is 1. The first-order chi connectivity index (χ1) is 15.3. The second kappa shape index (κ2) is 13.6. The van der Waals surface area contributed by atoms with Gasteiger partial charge in [0.15, 0.2) is 0 Å². The van der Waals surface area contributed by atoms with Crippen LogP contribution in [0.2, 0.25) is 0 Å². The highest BCUT2D eigenvalue weighted by Crippen LogP contribution is 2.28. The van der Waals surface area contributed by atoms with E-state index in [1.54, 1.807) is 6.07 Å². The van der Waals surface area contributed by atoms with Gasteiger partial charge in [0.05, 0.1) is 38.7 Å². The standard InChI is InChI=1S/C24H33NO7/c1-24(2,3)32-23(26)18-29-15-14-27-12-13-28-16-17-30-19-8-10-20(11-9-19)31-22-7-5-4-6-21(22)25/h4-11H,12-18,25H2,1-3H3. The quantitative estimate of drug-likeness (QED) is 0.265. The summed E-state index contributed by atoms with van der Waals surface area (Å²) >= 11 is 0. The molecule has 0 spiro atoms. The highest BCUT2D eigenvalue weighted by Gasteiger charge is 2.15. The minimum Gasteiger partial charge on any atom is -0.491 e. The number of rotatable bonds is 14. The maximum absolute atomic E-state index is 11.5. The van der Waals surface area contributed by atoms with Crippen molar-refractivity contribution >= 4 is 11.7 Å². The van der Waals surface area contributed by atoms with Crippen LogP contribution in [0.1, 0.15) is 20.8 Å². The number of ether oxygens (including phenoxy) is 6. The van der Waals surface area contributed by atoms with Crippen molar-refractivity contribution < 1.29 is 33.2 Å². The van der Waals surface area contributed by atoms with Gasteiger partial charge < -0.3 is 34.2 Å². The molecule has 0 saturated heterocycles. The molecule has 0 heterocycles. The topological polar surface area (TPSA) is 98.5 Å². The number of hydrogen-bond acceptors (Lipinski definition) is 8. The van der Waals surface area contributed by atoms with Crippen molar-refractivity contribution in [2.24, 2.45) is 0 Å². The summed E-state index contributed by atoms with van der Waals surface area (Å²) in [6.45, 7) is 7.80. The van der Waals surface area contributed by atoms with Crippen molar-refractivity contribution in [1.82, 2.24) is 0 Å². The Morgan fingerprint density at radius 1 is 0.781 bits per heavy atom. The smallest absolute Gasteiger partial charge is 0.332 e. The largest absolute Gasteiger partial charge is 0.491 e. The van der Waals surface area contributed by atoms with E-state index in [1.807, 2.05) is 63.2 Å². The lowest BCUT2D eigenvalue weighted by molar-refractivity contribution is -0.160. The fraction of sp³-hybridized carbons (Fsp3) is 0.458. The van der Waals surface area contributed by atoms with Crippen LogP contribution in [0.4, 0.5) is 5.69 Å². The van der Waals surface area contributed by atoms with Gasteiger partial charge in [0.2, 0.25) is 0 Å². The second-order valence-corrected chi connectivity index (χ2v) is 7.82. The molecule has 32 heavy (non-hydrogen) atoms. The molecule has 0 amide bonds. The van der Waals surface area contributed by atoms with Gasteiger partial charge in [0, 0.05) is 0 Å². The predicted molar refractivity (Wildman–Crippen MR) is 121 cm³/mol. The maximum Gasteiger partial charge on any atom is 0.332 e. The molecule has 0 unspecified atom stereocenters. The van der Waals surface area contributed by atoms with E-state index < -0.39 is 5.60 Å². The van der Waals surface area contributed by atoms with Crippen LogP contribution in [0, 0.1) is 0 Å². The summed E-state index contributed by atoms with van der Waals surface area (Å²) in [4.78, 5) is 11.5. The molecule has 8 nitrogen and oxygen atoms in total. The van der Waals surface area contributed by atoms with Crippen LogP contribution in [-0.2, 0) is 23.7 Å². The third kappa shape index (κ3) is 11.0. The Kier molecular flexibility index (Phi) is 10.8. The highest BCUT2D eigenvalue weighted by atomic mass is 16.6. The van der Waals surface area contributed by atoms with Gasteiger partial charge in [-0.05, 0) is 57.2 Å². The molecule has 2 aromatic rings. The molecule has 0 aliphatic rings. The molecule has 0 bridgehead atoms. The van der Waals surface area contributed by atoms with E-state index in [2.05, 4.69) is 0 Å². The van der Waals surface area contributed by atoms with Gasteiger partial charge in [0.1, 0.15) is 36.1 Å². The number of nitrogen functional groups attached to an aromatic ring is 1. The summed E-state index contributed by atoms with van der Waals surface area (Å²) in [6, 6.07) is 14.6. The number of carbonyl (C=O) groups excluding carboxylic acids is 1. The van der Waals surface area contributed by atoms with Gasteiger partial charge >= 0.3 is 5.97 Å². The number of nitrogens with two attached hydrogens (primary N) is 1. The van der Waals surface area contributed by atoms with Crippen LogP contribution >= 0.6 is 0 Å². The van der Waals surface area contributed by atoms with Crippen LogP contribution in [0.3, 0.4) is 0 Å². The molecule has 0 atom stereocenters. The van der Waals surface area contributed by atoms with Gasteiger partial charge in [-0.3, -0.25) is 0 Å². The molecule has 8 heteroatoms. The van der Waals surface area contributed by atoms with E-state index in [0.29, 0.717) is 56.8 Å². The lowest BCUT2D eigenvalue weighted by Crippen LogP contribution is -2.27. The Morgan fingerprint density at radius 3 is 1.97 bits per heavy atom. The van der Waals surface area contributed by atoms with Crippen molar-refractivity contribution in [2.45, 2.75) is 26.4 Å². The molecule has 0 aromatic heterocycles. The average molecular weight is 448 g/mol. The zero-order chi connectivity index (χ0) is 23.2. The third-order valence-electron chi connectivity index (χ3n) is 3.85. The van der Waals surface area contributed by atoms with Gasteiger partial charge in [-0.25, -0.2) is 4.79 Å². The third-order valence-corrected chi connectivity index (χ3v) is 3.85. The normalized spacial score (nSPS) is 11.2. The average Bonchev–Trinajstić information content (AvgIpc) is 2.73. The second-order valence-electron chi connectivity index (χ2n) is 7.82. The lowest BCUT2D eigenvalue weighted by Gasteiger charge is -2.19. The first kappa shape index (κ1) is 25.5. The Bertz CT molecular complexity index is 803. The Morgan fingerprint density at radius 2 is 1.34 bits per heavy atom. The first-order valence-electron chi connectivity index (χ1n) is 10.5. The highest BCUT2D eigenvalue weighted by molar-refractivity contribution is 5.71. The van der Waals surface area contributed by atoms with Gasteiger partial charge in [-0.15, -0.1) is 0 Å². The summed E-state index contributed by atoms with van der Waals surface area (Å²) in [6.07, 6.45) is 0. The Hall–Kier alpha value is -2.81. The molecule has 2 aromatic carbocycles.